The standard InChI is InChI=1S/C26H26FN5O4/c1-31-22(14-21(30-31)20-13-19(34-2)10-11-23(20)35-3)26(33)32-12-4-5-17(15-32)25-29-28-24(36-25)16-6-8-18(27)9-7-16/h6-11,13-14,17H,4-5,12,15H2,1-3H3. The highest BCUT2D eigenvalue weighted by atomic mass is 19.1. The van der Waals surface area contributed by atoms with Gasteiger partial charge in [0.2, 0.25) is 11.8 Å². The molecule has 9 nitrogen and oxygen atoms in total. The Bertz CT molecular complexity index is 1380. The lowest BCUT2D eigenvalue weighted by Gasteiger charge is -2.31. The smallest absolute Gasteiger partial charge is 0.272 e. The van der Waals surface area contributed by atoms with E-state index < -0.39 is 0 Å². The molecule has 2 aromatic heterocycles. The molecule has 1 amide bonds. The van der Waals surface area contributed by atoms with E-state index in [4.69, 9.17) is 13.9 Å². The van der Waals surface area contributed by atoms with Crippen LogP contribution in [0.1, 0.15) is 35.1 Å². The Morgan fingerprint density at radius 1 is 1.08 bits per heavy atom. The average Bonchev–Trinajstić information content (AvgIpc) is 3.56. The Morgan fingerprint density at radius 3 is 2.64 bits per heavy atom. The molecule has 1 atom stereocenters. The molecule has 0 bridgehead atoms. The fourth-order valence-electron chi connectivity index (χ4n) is 4.45. The number of likely N-dealkylation sites (tertiary alicyclic amines) is 1. The zero-order valence-corrected chi connectivity index (χ0v) is 20.3. The fraction of sp³-hybridized carbons (Fsp3) is 0.308. The summed E-state index contributed by atoms with van der Waals surface area (Å²) in [6.45, 7) is 1.07. The van der Waals surface area contributed by atoms with Crippen LogP contribution in [0.5, 0.6) is 11.5 Å². The number of ether oxygens (including phenoxy) is 2. The van der Waals surface area contributed by atoms with Gasteiger partial charge < -0.3 is 18.8 Å². The molecule has 1 unspecified atom stereocenters. The Hall–Kier alpha value is -4.21. The number of halogens is 1. The van der Waals surface area contributed by atoms with Crippen molar-refractivity contribution in [3.8, 4) is 34.2 Å². The molecule has 1 aliphatic rings. The third-order valence-corrected chi connectivity index (χ3v) is 6.37. The van der Waals surface area contributed by atoms with Crippen LogP contribution in [0, 0.1) is 5.82 Å². The number of piperidine rings is 1. The van der Waals surface area contributed by atoms with Gasteiger partial charge in [0.1, 0.15) is 23.0 Å². The van der Waals surface area contributed by atoms with Crippen molar-refractivity contribution < 1.29 is 23.1 Å². The summed E-state index contributed by atoms with van der Waals surface area (Å²) >= 11 is 0. The second kappa shape index (κ2) is 9.80. The molecule has 186 valence electrons. The number of nitrogens with zero attached hydrogens (tertiary/aromatic N) is 5. The first-order valence-corrected chi connectivity index (χ1v) is 11.6. The van der Waals surface area contributed by atoms with Gasteiger partial charge in [-0.1, -0.05) is 0 Å². The maximum Gasteiger partial charge on any atom is 0.272 e. The van der Waals surface area contributed by atoms with Crippen molar-refractivity contribution in [1.29, 1.82) is 0 Å². The van der Waals surface area contributed by atoms with Gasteiger partial charge in [-0.3, -0.25) is 9.48 Å². The van der Waals surface area contributed by atoms with Crippen LogP contribution >= 0.6 is 0 Å². The number of aromatic nitrogens is 4. The Kier molecular flexibility index (Phi) is 6.41. The fourth-order valence-corrected chi connectivity index (χ4v) is 4.45. The Morgan fingerprint density at radius 2 is 1.89 bits per heavy atom. The minimum absolute atomic E-state index is 0.0874. The van der Waals surface area contributed by atoms with Crippen molar-refractivity contribution in [2.45, 2.75) is 18.8 Å². The van der Waals surface area contributed by atoms with E-state index in [9.17, 15) is 9.18 Å². The highest BCUT2D eigenvalue weighted by molar-refractivity contribution is 5.94. The summed E-state index contributed by atoms with van der Waals surface area (Å²) in [5, 5.41) is 12.9. The molecule has 3 heterocycles. The zero-order valence-electron chi connectivity index (χ0n) is 20.3. The van der Waals surface area contributed by atoms with E-state index >= 15 is 0 Å². The second-order valence-electron chi connectivity index (χ2n) is 8.65. The van der Waals surface area contributed by atoms with Gasteiger partial charge in [-0.25, -0.2) is 4.39 Å². The van der Waals surface area contributed by atoms with Crippen molar-refractivity contribution in [3.63, 3.8) is 0 Å². The predicted octanol–water partition coefficient (Wildman–Crippen LogP) is 4.31. The highest BCUT2D eigenvalue weighted by Gasteiger charge is 2.30. The lowest BCUT2D eigenvalue weighted by atomic mass is 9.97. The monoisotopic (exact) mass is 491 g/mol. The third kappa shape index (κ3) is 4.53. The van der Waals surface area contributed by atoms with Crippen LogP contribution in [0.2, 0.25) is 0 Å². The summed E-state index contributed by atoms with van der Waals surface area (Å²) in [7, 11) is 4.93. The topological polar surface area (TPSA) is 95.5 Å². The Labute approximate surface area is 207 Å². The van der Waals surface area contributed by atoms with Crippen LogP contribution in [0.25, 0.3) is 22.7 Å². The van der Waals surface area contributed by atoms with Gasteiger partial charge in [0, 0.05) is 31.3 Å². The van der Waals surface area contributed by atoms with E-state index in [-0.39, 0.29) is 17.6 Å². The third-order valence-electron chi connectivity index (χ3n) is 6.37. The molecular weight excluding hydrogens is 465 g/mol. The predicted molar refractivity (Wildman–Crippen MR) is 129 cm³/mol. The molecule has 4 aromatic rings. The van der Waals surface area contributed by atoms with E-state index in [0.29, 0.717) is 53.3 Å². The summed E-state index contributed by atoms with van der Waals surface area (Å²) in [5.41, 5.74) is 2.47. The average molecular weight is 492 g/mol. The number of carbonyl (C=O) groups excluding carboxylic acids is 1. The number of benzene rings is 2. The molecule has 5 rings (SSSR count). The first kappa shape index (κ1) is 23.5. The molecule has 1 saturated heterocycles. The summed E-state index contributed by atoms with van der Waals surface area (Å²) in [6, 6.07) is 13.1. The van der Waals surface area contributed by atoms with E-state index in [1.54, 1.807) is 49.0 Å². The molecule has 1 fully saturated rings. The Balaban J connectivity index is 1.35. The summed E-state index contributed by atoms with van der Waals surface area (Å²) in [6.07, 6.45) is 1.63. The molecule has 0 radical (unpaired) electrons. The number of amides is 1. The minimum atomic E-state index is -0.330. The molecular formula is C26H26FN5O4. The summed E-state index contributed by atoms with van der Waals surface area (Å²) in [4.78, 5) is 15.3. The van der Waals surface area contributed by atoms with Gasteiger partial charge >= 0.3 is 0 Å². The van der Waals surface area contributed by atoms with Crippen LogP contribution in [0.4, 0.5) is 4.39 Å². The van der Waals surface area contributed by atoms with Crippen LogP contribution in [0.15, 0.2) is 52.9 Å². The first-order chi connectivity index (χ1) is 17.5. The largest absolute Gasteiger partial charge is 0.497 e. The van der Waals surface area contributed by atoms with Crippen LogP contribution in [0.3, 0.4) is 0 Å². The van der Waals surface area contributed by atoms with E-state index in [2.05, 4.69) is 15.3 Å². The highest BCUT2D eigenvalue weighted by Crippen LogP contribution is 2.34. The van der Waals surface area contributed by atoms with Gasteiger partial charge in [-0.2, -0.15) is 5.10 Å². The van der Waals surface area contributed by atoms with E-state index in [1.165, 1.54) is 12.1 Å². The number of aryl methyl sites for hydroxylation is 1. The van der Waals surface area contributed by atoms with Gasteiger partial charge in [-0.05, 0) is 61.4 Å². The molecule has 0 aliphatic carbocycles. The SMILES string of the molecule is COc1ccc(OC)c(-c2cc(C(=O)N3CCCC(c4nnc(-c5ccc(F)cc5)o4)C3)n(C)n2)c1. The number of methoxy groups -OCH3 is 2. The maximum absolute atomic E-state index is 13.5. The summed E-state index contributed by atoms with van der Waals surface area (Å²) < 4.78 is 31.5. The molecule has 1 aliphatic heterocycles. The first-order valence-electron chi connectivity index (χ1n) is 11.6. The van der Waals surface area contributed by atoms with Gasteiger partial charge in [-0.15, -0.1) is 10.2 Å². The zero-order chi connectivity index (χ0) is 25.2. The van der Waals surface area contributed by atoms with Crippen molar-refractivity contribution in [1.82, 2.24) is 24.9 Å². The molecule has 0 N–H and O–H groups in total. The molecule has 36 heavy (non-hydrogen) atoms. The van der Waals surface area contributed by atoms with Crippen molar-refractivity contribution >= 4 is 5.91 Å². The van der Waals surface area contributed by atoms with Gasteiger partial charge in [0.25, 0.3) is 5.91 Å². The van der Waals surface area contributed by atoms with Gasteiger partial charge in [0.15, 0.2) is 0 Å². The van der Waals surface area contributed by atoms with Gasteiger partial charge in [0.05, 0.1) is 25.8 Å². The molecule has 0 saturated carbocycles. The lowest BCUT2D eigenvalue weighted by Crippen LogP contribution is -2.40. The quantitative estimate of drug-likeness (QED) is 0.397. The second-order valence-corrected chi connectivity index (χ2v) is 8.65. The normalized spacial score (nSPS) is 15.7. The van der Waals surface area contributed by atoms with Crippen molar-refractivity contribution in [3.05, 3.63) is 65.9 Å². The van der Waals surface area contributed by atoms with Crippen LogP contribution in [-0.2, 0) is 7.05 Å². The maximum atomic E-state index is 13.5. The van der Waals surface area contributed by atoms with Crippen molar-refractivity contribution in [2.75, 3.05) is 27.3 Å². The number of hydrogen-bond donors (Lipinski definition) is 0. The number of carbonyl (C=O) groups is 1. The van der Waals surface area contributed by atoms with E-state index in [0.717, 1.165) is 18.4 Å². The van der Waals surface area contributed by atoms with E-state index in [1.807, 2.05) is 18.2 Å². The van der Waals surface area contributed by atoms with Crippen LogP contribution in [-0.4, -0.2) is 58.1 Å². The van der Waals surface area contributed by atoms with Crippen LogP contribution < -0.4 is 9.47 Å². The number of rotatable bonds is 6. The minimum Gasteiger partial charge on any atom is -0.497 e. The van der Waals surface area contributed by atoms with Crippen molar-refractivity contribution in [2.24, 2.45) is 7.05 Å². The summed E-state index contributed by atoms with van der Waals surface area (Å²) in [5.74, 6) is 1.57. The molecule has 0 spiro atoms. The molecule has 10 heteroatoms. The lowest BCUT2D eigenvalue weighted by molar-refractivity contribution is 0.0687. The molecule has 2 aromatic carbocycles. The number of hydrogen-bond acceptors (Lipinski definition) is 7.